The monoisotopic (exact) mass is 319 g/mol. The van der Waals surface area contributed by atoms with Gasteiger partial charge < -0.3 is 4.98 Å². The molecule has 1 fully saturated rings. The fourth-order valence-corrected chi connectivity index (χ4v) is 4.55. The standard InChI is InChI=1S/C16H21N3O2S/c1-13-10-17-16(18-13)15-8-5-9-19(11-15)22(20,21)12-14-6-3-2-4-7-14/h2-4,6-7,10,15H,5,8-9,11-12H2,1H3,(H,17,18)/t15-/m0/s1. The third-order valence-electron chi connectivity index (χ3n) is 4.08. The smallest absolute Gasteiger partial charge is 0.218 e. The van der Waals surface area contributed by atoms with Crippen LogP contribution < -0.4 is 0 Å². The van der Waals surface area contributed by atoms with Crippen LogP contribution in [0.25, 0.3) is 0 Å². The normalized spacial score (nSPS) is 20.1. The minimum absolute atomic E-state index is 0.0672. The highest BCUT2D eigenvalue weighted by molar-refractivity contribution is 7.88. The van der Waals surface area contributed by atoms with Crippen LogP contribution >= 0.6 is 0 Å². The number of aromatic amines is 1. The number of hydrogen-bond donors (Lipinski definition) is 1. The van der Waals surface area contributed by atoms with Crippen molar-refractivity contribution in [2.45, 2.75) is 31.4 Å². The predicted octanol–water partition coefficient (Wildman–Crippen LogP) is 2.43. The third-order valence-corrected chi connectivity index (χ3v) is 5.90. The lowest BCUT2D eigenvalue weighted by atomic mass is 9.99. The largest absolute Gasteiger partial charge is 0.346 e. The quantitative estimate of drug-likeness (QED) is 0.941. The summed E-state index contributed by atoms with van der Waals surface area (Å²) in [6, 6.07) is 9.35. The molecule has 118 valence electrons. The lowest BCUT2D eigenvalue weighted by Gasteiger charge is -2.31. The first-order chi connectivity index (χ1) is 10.5. The van der Waals surface area contributed by atoms with Gasteiger partial charge in [-0.3, -0.25) is 0 Å². The molecule has 3 rings (SSSR count). The first kappa shape index (κ1) is 15.2. The number of sulfonamides is 1. The summed E-state index contributed by atoms with van der Waals surface area (Å²) in [6.45, 7) is 3.08. The average Bonchev–Trinajstić information content (AvgIpc) is 2.95. The molecule has 1 N–H and O–H groups in total. The van der Waals surface area contributed by atoms with E-state index in [0.717, 1.165) is 29.9 Å². The Balaban J connectivity index is 1.73. The maximum atomic E-state index is 12.6. The zero-order valence-corrected chi connectivity index (χ0v) is 13.5. The van der Waals surface area contributed by atoms with Crippen molar-refractivity contribution in [2.75, 3.05) is 13.1 Å². The number of hydrogen-bond acceptors (Lipinski definition) is 3. The summed E-state index contributed by atoms with van der Waals surface area (Å²) in [6.07, 6.45) is 3.65. The zero-order valence-electron chi connectivity index (χ0n) is 12.7. The fraction of sp³-hybridized carbons (Fsp3) is 0.438. The van der Waals surface area contributed by atoms with Gasteiger partial charge in [-0.25, -0.2) is 17.7 Å². The van der Waals surface area contributed by atoms with Crippen LogP contribution in [0.2, 0.25) is 0 Å². The van der Waals surface area contributed by atoms with Crippen molar-refractivity contribution >= 4 is 10.0 Å². The number of imidazole rings is 1. The molecule has 0 bridgehead atoms. The van der Waals surface area contributed by atoms with Gasteiger partial charge in [-0.2, -0.15) is 0 Å². The summed E-state index contributed by atoms with van der Waals surface area (Å²) in [5.74, 6) is 1.13. The van der Waals surface area contributed by atoms with E-state index in [-0.39, 0.29) is 11.7 Å². The van der Waals surface area contributed by atoms with Crippen LogP contribution in [-0.2, 0) is 15.8 Å². The Hall–Kier alpha value is -1.66. The number of rotatable bonds is 4. The second kappa shape index (κ2) is 6.22. The molecule has 5 nitrogen and oxygen atoms in total. The second-order valence-corrected chi connectivity index (χ2v) is 7.86. The summed E-state index contributed by atoms with van der Waals surface area (Å²) in [5.41, 5.74) is 1.85. The molecular weight excluding hydrogens is 298 g/mol. The van der Waals surface area contributed by atoms with E-state index in [1.165, 1.54) is 0 Å². The van der Waals surface area contributed by atoms with E-state index in [9.17, 15) is 8.42 Å². The van der Waals surface area contributed by atoms with Crippen molar-refractivity contribution in [3.05, 3.63) is 53.6 Å². The average molecular weight is 319 g/mol. The van der Waals surface area contributed by atoms with Crippen LogP contribution in [0, 0.1) is 6.92 Å². The summed E-state index contributed by atoms with van der Waals surface area (Å²) in [7, 11) is -3.28. The van der Waals surface area contributed by atoms with Gasteiger partial charge in [0.25, 0.3) is 0 Å². The molecule has 0 spiro atoms. The lowest BCUT2D eigenvalue weighted by molar-refractivity contribution is 0.309. The summed E-state index contributed by atoms with van der Waals surface area (Å²) in [4.78, 5) is 7.60. The van der Waals surface area contributed by atoms with Crippen molar-refractivity contribution in [1.82, 2.24) is 14.3 Å². The molecule has 2 heterocycles. The Morgan fingerprint density at radius 1 is 1.32 bits per heavy atom. The Morgan fingerprint density at radius 2 is 2.09 bits per heavy atom. The SMILES string of the molecule is Cc1cnc([C@H]2CCCN(S(=O)(=O)Cc3ccccc3)C2)[nH]1. The van der Waals surface area contributed by atoms with E-state index in [1.807, 2.05) is 37.3 Å². The van der Waals surface area contributed by atoms with Gasteiger partial charge in [0.1, 0.15) is 5.82 Å². The Bertz CT molecular complexity index is 725. The number of nitrogens with zero attached hydrogens (tertiary/aromatic N) is 2. The molecule has 2 aromatic rings. The van der Waals surface area contributed by atoms with Gasteiger partial charge in [0.05, 0.1) is 5.75 Å². The van der Waals surface area contributed by atoms with Crippen molar-refractivity contribution in [3.8, 4) is 0 Å². The molecule has 22 heavy (non-hydrogen) atoms. The molecule has 0 radical (unpaired) electrons. The minimum atomic E-state index is -3.28. The van der Waals surface area contributed by atoms with Crippen molar-refractivity contribution in [2.24, 2.45) is 0 Å². The minimum Gasteiger partial charge on any atom is -0.346 e. The van der Waals surface area contributed by atoms with Crippen molar-refractivity contribution in [3.63, 3.8) is 0 Å². The van der Waals surface area contributed by atoms with Crippen LogP contribution in [0.1, 0.15) is 35.8 Å². The molecule has 6 heteroatoms. The zero-order chi connectivity index (χ0) is 15.6. The Labute approximate surface area is 131 Å². The van der Waals surface area contributed by atoms with E-state index >= 15 is 0 Å². The maximum absolute atomic E-state index is 12.6. The van der Waals surface area contributed by atoms with Crippen LogP contribution in [0.15, 0.2) is 36.5 Å². The highest BCUT2D eigenvalue weighted by atomic mass is 32.2. The molecule has 0 amide bonds. The van der Waals surface area contributed by atoms with Crippen molar-refractivity contribution < 1.29 is 8.42 Å². The Kier molecular flexibility index (Phi) is 4.31. The molecule has 0 unspecified atom stereocenters. The Morgan fingerprint density at radius 3 is 2.77 bits per heavy atom. The predicted molar refractivity (Wildman–Crippen MR) is 85.9 cm³/mol. The molecule has 1 aromatic heterocycles. The topological polar surface area (TPSA) is 66.1 Å². The van der Waals surface area contributed by atoms with E-state index < -0.39 is 10.0 Å². The van der Waals surface area contributed by atoms with Gasteiger partial charge in [0.2, 0.25) is 10.0 Å². The highest BCUT2D eigenvalue weighted by Crippen LogP contribution is 2.27. The number of benzene rings is 1. The van der Waals surface area contributed by atoms with Crippen LogP contribution in [-0.4, -0.2) is 35.8 Å². The van der Waals surface area contributed by atoms with Gasteiger partial charge in [0.15, 0.2) is 0 Å². The molecule has 1 aliphatic rings. The summed E-state index contributed by atoms with van der Waals surface area (Å²) < 4.78 is 26.9. The molecular formula is C16H21N3O2S. The van der Waals surface area contributed by atoms with Gasteiger partial charge in [-0.05, 0) is 25.3 Å². The molecule has 1 atom stereocenters. The first-order valence-electron chi connectivity index (χ1n) is 7.58. The lowest BCUT2D eigenvalue weighted by Crippen LogP contribution is -2.40. The van der Waals surface area contributed by atoms with E-state index in [1.54, 1.807) is 10.5 Å². The van der Waals surface area contributed by atoms with E-state index in [2.05, 4.69) is 9.97 Å². The molecule has 1 aromatic carbocycles. The summed E-state index contributed by atoms with van der Waals surface area (Å²) in [5, 5.41) is 0. The van der Waals surface area contributed by atoms with Crippen LogP contribution in [0.3, 0.4) is 0 Å². The number of nitrogens with one attached hydrogen (secondary N) is 1. The van der Waals surface area contributed by atoms with Gasteiger partial charge in [0, 0.05) is 30.9 Å². The molecule has 1 saturated heterocycles. The third kappa shape index (κ3) is 3.39. The number of aromatic nitrogens is 2. The van der Waals surface area contributed by atoms with Crippen LogP contribution in [0.5, 0.6) is 0 Å². The van der Waals surface area contributed by atoms with Crippen molar-refractivity contribution in [1.29, 1.82) is 0 Å². The molecule has 1 aliphatic heterocycles. The van der Waals surface area contributed by atoms with Gasteiger partial charge in [-0.15, -0.1) is 0 Å². The first-order valence-corrected chi connectivity index (χ1v) is 9.19. The van der Waals surface area contributed by atoms with E-state index in [0.29, 0.717) is 13.1 Å². The van der Waals surface area contributed by atoms with Crippen LogP contribution in [0.4, 0.5) is 0 Å². The molecule has 0 aliphatic carbocycles. The van der Waals surface area contributed by atoms with E-state index in [4.69, 9.17) is 0 Å². The highest BCUT2D eigenvalue weighted by Gasteiger charge is 2.30. The summed E-state index contributed by atoms with van der Waals surface area (Å²) >= 11 is 0. The van der Waals surface area contributed by atoms with Gasteiger partial charge in [-0.1, -0.05) is 30.3 Å². The molecule has 0 saturated carbocycles. The number of piperidine rings is 1. The second-order valence-electron chi connectivity index (χ2n) is 5.89. The maximum Gasteiger partial charge on any atom is 0.218 e. The fourth-order valence-electron chi connectivity index (χ4n) is 2.93. The van der Waals surface area contributed by atoms with Gasteiger partial charge >= 0.3 is 0 Å². The number of aryl methyl sites for hydroxylation is 1. The number of H-pyrrole nitrogens is 1.